The van der Waals surface area contributed by atoms with Crippen LogP contribution in [-0.4, -0.2) is 5.51 Å². The Morgan fingerprint density at radius 2 is 1.25 bits per heavy atom. The molecular formula is C9H2F10S. The van der Waals surface area contributed by atoms with Crippen LogP contribution in [-0.2, 0) is 12.4 Å². The fourth-order valence-electron chi connectivity index (χ4n) is 1.19. The summed E-state index contributed by atoms with van der Waals surface area (Å²) in [5.74, 6) is -2.24. The van der Waals surface area contributed by atoms with Crippen LogP contribution in [0.5, 0.6) is 0 Å². The van der Waals surface area contributed by atoms with Gasteiger partial charge in [-0.15, -0.1) is 0 Å². The normalized spacial score (nSPS) is 13.7. The zero-order chi connectivity index (χ0) is 15.9. The molecule has 0 spiro atoms. The molecule has 0 N–H and O–H groups in total. The summed E-state index contributed by atoms with van der Waals surface area (Å²) in [7, 11) is 0. The van der Waals surface area contributed by atoms with E-state index < -0.39 is 63.6 Å². The Labute approximate surface area is 108 Å². The summed E-state index contributed by atoms with van der Waals surface area (Å²) in [6.45, 7) is 0. The summed E-state index contributed by atoms with van der Waals surface area (Å²) in [5, 5.41) is 0. The minimum atomic E-state index is -5.56. The lowest BCUT2D eigenvalue weighted by atomic mass is 10.1. The SMILES string of the molecule is Fc1cc(C(F)(F)F)cc(C(F)(F)F)c1SC(F)(F)F. The lowest BCUT2D eigenvalue weighted by molar-refractivity contribution is -0.145. The van der Waals surface area contributed by atoms with Crippen LogP contribution in [0.25, 0.3) is 0 Å². The fourth-order valence-corrected chi connectivity index (χ4v) is 1.86. The van der Waals surface area contributed by atoms with E-state index in [1.54, 1.807) is 0 Å². The second kappa shape index (κ2) is 5.01. The molecule has 11 heteroatoms. The third-order valence-corrected chi connectivity index (χ3v) is 2.74. The molecular weight excluding hydrogens is 330 g/mol. The first-order valence-corrected chi connectivity index (χ1v) is 5.27. The molecule has 20 heavy (non-hydrogen) atoms. The van der Waals surface area contributed by atoms with E-state index in [4.69, 9.17) is 0 Å². The van der Waals surface area contributed by atoms with Gasteiger partial charge >= 0.3 is 17.9 Å². The predicted molar refractivity (Wildman–Crippen MR) is 48.3 cm³/mol. The quantitative estimate of drug-likeness (QED) is 0.485. The minimum absolute atomic E-state index is 0.413. The number of hydrogen-bond acceptors (Lipinski definition) is 1. The molecule has 0 aromatic heterocycles. The number of hydrogen-bond donors (Lipinski definition) is 0. The summed E-state index contributed by atoms with van der Waals surface area (Å²) >= 11 is -1.46. The van der Waals surface area contributed by atoms with Gasteiger partial charge in [0.05, 0.1) is 16.0 Å². The Kier molecular flexibility index (Phi) is 4.24. The highest BCUT2D eigenvalue weighted by Gasteiger charge is 2.43. The van der Waals surface area contributed by atoms with Crippen molar-refractivity contribution >= 4 is 11.8 Å². The Morgan fingerprint density at radius 3 is 1.60 bits per heavy atom. The van der Waals surface area contributed by atoms with Crippen molar-refractivity contribution in [2.75, 3.05) is 0 Å². The van der Waals surface area contributed by atoms with Gasteiger partial charge in [0.15, 0.2) is 0 Å². The van der Waals surface area contributed by atoms with E-state index in [9.17, 15) is 43.9 Å². The molecule has 0 aliphatic rings. The molecule has 0 aliphatic heterocycles. The van der Waals surface area contributed by atoms with E-state index in [1.165, 1.54) is 0 Å². The maximum atomic E-state index is 13.2. The van der Waals surface area contributed by atoms with Crippen LogP contribution in [0.1, 0.15) is 11.1 Å². The third-order valence-electron chi connectivity index (χ3n) is 1.89. The van der Waals surface area contributed by atoms with E-state index in [-0.39, 0.29) is 0 Å². The molecule has 0 saturated carbocycles. The zero-order valence-corrected chi connectivity index (χ0v) is 9.66. The standard InChI is InChI=1S/C9H2F10S/c10-5-2-3(7(11,12)13)1-4(8(14,15)16)6(5)20-9(17,18)19/h1-2H. The Hall–Kier alpha value is -1.13. The summed E-state index contributed by atoms with van der Waals surface area (Å²) in [6.07, 6.45) is -10.9. The summed E-state index contributed by atoms with van der Waals surface area (Å²) in [6, 6.07) is -0.972. The van der Waals surface area contributed by atoms with Gasteiger partial charge in [0.1, 0.15) is 5.82 Å². The Bertz CT molecular complexity index is 495. The third kappa shape index (κ3) is 4.18. The van der Waals surface area contributed by atoms with E-state index in [0.29, 0.717) is 0 Å². The lowest BCUT2D eigenvalue weighted by Crippen LogP contribution is -2.15. The number of halogens is 10. The van der Waals surface area contributed by atoms with Crippen LogP contribution in [0.2, 0.25) is 0 Å². The van der Waals surface area contributed by atoms with Crippen molar-refractivity contribution in [3.63, 3.8) is 0 Å². The zero-order valence-electron chi connectivity index (χ0n) is 8.84. The van der Waals surface area contributed by atoms with Gasteiger partial charge in [-0.1, -0.05) is 0 Å². The molecule has 0 nitrogen and oxygen atoms in total. The van der Waals surface area contributed by atoms with Gasteiger partial charge < -0.3 is 0 Å². The van der Waals surface area contributed by atoms with Crippen molar-refractivity contribution in [1.29, 1.82) is 0 Å². The molecule has 114 valence electrons. The van der Waals surface area contributed by atoms with Crippen LogP contribution >= 0.6 is 11.8 Å². The second-order valence-corrected chi connectivity index (χ2v) is 4.45. The largest absolute Gasteiger partial charge is 0.446 e. The van der Waals surface area contributed by atoms with Crippen molar-refractivity contribution in [3.05, 3.63) is 29.1 Å². The Balaban J connectivity index is 3.52. The highest BCUT2D eigenvalue weighted by Crippen LogP contribution is 2.46. The molecule has 0 atom stereocenters. The number of rotatable bonds is 1. The van der Waals surface area contributed by atoms with Gasteiger partial charge in [0, 0.05) is 0 Å². The molecule has 0 aliphatic carbocycles. The number of alkyl halides is 9. The molecule has 0 bridgehead atoms. The van der Waals surface area contributed by atoms with Crippen LogP contribution in [0, 0.1) is 5.82 Å². The molecule has 1 aromatic rings. The van der Waals surface area contributed by atoms with Crippen molar-refractivity contribution < 1.29 is 43.9 Å². The maximum Gasteiger partial charge on any atom is 0.446 e. The van der Waals surface area contributed by atoms with Gasteiger partial charge in [-0.05, 0) is 23.9 Å². The minimum Gasteiger partial charge on any atom is -0.206 e. The van der Waals surface area contributed by atoms with Crippen LogP contribution in [0.3, 0.4) is 0 Å². The highest BCUT2D eigenvalue weighted by molar-refractivity contribution is 8.00. The van der Waals surface area contributed by atoms with Crippen LogP contribution in [0.4, 0.5) is 43.9 Å². The fraction of sp³-hybridized carbons (Fsp3) is 0.333. The van der Waals surface area contributed by atoms with E-state index in [0.717, 1.165) is 0 Å². The smallest absolute Gasteiger partial charge is 0.206 e. The first-order chi connectivity index (χ1) is 8.72. The average Bonchev–Trinajstić information content (AvgIpc) is 2.15. The maximum absolute atomic E-state index is 13.2. The second-order valence-electron chi connectivity index (χ2n) is 3.38. The molecule has 0 heterocycles. The summed E-state index contributed by atoms with van der Waals surface area (Å²) in [5.41, 5.74) is -9.62. The van der Waals surface area contributed by atoms with Crippen molar-refractivity contribution in [3.8, 4) is 0 Å². The van der Waals surface area contributed by atoms with E-state index >= 15 is 0 Å². The van der Waals surface area contributed by atoms with Gasteiger partial charge in [0.25, 0.3) is 0 Å². The molecule has 0 amide bonds. The monoisotopic (exact) mass is 332 g/mol. The molecule has 1 rings (SSSR count). The first kappa shape index (κ1) is 16.9. The molecule has 0 radical (unpaired) electrons. The average molecular weight is 332 g/mol. The first-order valence-electron chi connectivity index (χ1n) is 4.45. The number of benzene rings is 1. The van der Waals surface area contributed by atoms with E-state index in [1.807, 2.05) is 0 Å². The van der Waals surface area contributed by atoms with Crippen molar-refractivity contribution in [2.45, 2.75) is 22.8 Å². The molecule has 0 saturated heterocycles. The predicted octanol–water partition coefficient (Wildman–Crippen LogP) is 5.48. The summed E-state index contributed by atoms with van der Waals surface area (Å²) in [4.78, 5) is -1.95. The highest BCUT2D eigenvalue weighted by atomic mass is 32.2. The van der Waals surface area contributed by atoms with Gasteiger partial charge in [-0.25, -0.2) is 4.39 Å². The van der Waals surface area contributed by atoms with Gasteiger partial charge in [0.2, 0.25) is 0 Å². The summed E-state index contributed by atoms with van der Waals surface area (Å²) < 4.78 is 123. The molecule has 0 unspecified atom stereocenters. The van der Waals surface area contributed by atoms with Gasteiger partial charge in [-0.3, -0.25) is 0 Å². The van der Waals surface area contributed by atoms with Crippen molar-refractivity contribution in [1.82, 2.24) is 0 Å². The molecule has 0 fully saturated rings. The number of thioether (sulfide) groups is 1. The van der Waals surface area contributed by atoms with Crippen molar-refractivity contribution in [2.24, 2.45) is 0 Å². The van der Waals surface area contributed by atoms with Gasteiger partial charge in [-0.2, -0.15) is 39.5 Å². The van der Waals surface area contributed by atoms with E-state index in [2.05, 4.69) is 0 Å². The topological polar surface area (TPSA) is 0 Å². The van der Waals surface area contributed by atoms with Crippen LogP contribution < -0.4 is 0 Å². The Morgan fingerprint density at radius 1 is 0.750 bits per heavy atom. The lowest BCUT2D eigenvalue weighted by Gasteiger charge is -2.17. The van der Waals surface area contributed by atoms with Crippen LogP contribution in [0.15, 0.2) is 17.0 Å². The molecule has 1 aromatic carbocycles.